The highest BCUT2D eigenvalue weighted by molar-refractivity contribution is 6.01. The molecular formula is C31H42N4O6. The Morgan fingerprint density at radius 1 is 1.05 bits per heavy atom. The zero-order chi connectivity index (χ0) is 29.9. The number of nitrogens with zero attached hydrogens (tertiary/aromatic N) is 1. The van der Waals surface area contributed by atoms with E-state index in [2.05, 4.69) is 29.8 Å². The maximum atomic E-state index is 13.2. The first-order chi connectivity index (χ1) is 19.5. The van der Waals surface area contributed by atoms with Crippen molar-refractivity contribution in [2.24, 2.45) is 5.92 Å². The summed E-state index contributed by atoms with van der Waals surface area (Å²) in [6.45, 7) is 8.94. The Kier molecular flexibility index (Phi) is 11.6. The molecule has 4 amide bonds. The molecule has 0 saturated carbocycles. The van der Waals surface area contributed by atoms with Crippen LogP contribution in [0.3, 0.4) is 0 Å². The third-order valence-corrected chi connectivity index (χ3v) is 6.76. The molecule has 10 heteroatoms. The molecule has 0 aliphatic carbocycles. The van der Waals surface area contributed by atoms with E-state index in [-0.39, 0.29) is 50.1 Å². The molecule has 2 atom stereocenters. The zero-order valence-electron chi connectivity index (χ0n) is 24.6. The Hall–Kier alpha value is -4.08. The zero-order valence-corrected chi connectivity index (χ0v) is 24.6. The molecule has 0 radical (unpaired) electrons. The predicted octanol–water partition coefficient (Wildman–Crippen LogP) is 2.88. The van der Waals surface area contributed by atoms with Gasteiger partial charge in [0.1, 0.15) is 36.8 Å². The molecule has 10 nitrogen and oxygen atoms in total. The van der Waals surface area contributed by atoms with Crippen molar-refractivity contribution in [3.63, 3.8) is 0 Å². The van der Waals surface area contributed by atoms with E-state index in [1.807, 2.05) is 38.1 Å². The number of carbonyl (C=O) groups excluding carboxylic acids is 4. The summed E-state index contributed by atoms with van der Waals surface area (Å²) in [6, 6.07) is 12.5. The molecular weight excluding hydrogens is 524 g/mol. The van der Waals surface area contributed by atoms with Gasteiger partial charge in [-0.2, -0.15) is 0 Å². The number of fused-ring (bicyclic) bond motifs is 1. The van der Waals surface area contributed by atoms with Crippen LogP contribution in [0.4, 0.5) is 0 Å². The summed E-state index contributed by atoms with van der Waals surface area (Å²) in [5.74, 6) is -0.296. The number of amides is 4. The summed E-state index contributed by atoms with van der Waals surface area (Å²) >= 11 is 0. The molecule has 0 spiro atoms. The standard InChI is InChI=1S/C31H42N4O6/c1-20(2)18-26-31(39)35(5)15-17-41-27-9-7-6-8-24(27)29(37)34-25(19-28(36)33-26)30(38)32-14-16-40-23-12-10-22(11-13-23)21(3)4/h6-13,20-21,25-26H,14-19H2,1-5H3,(H,32,38)(H,33,36)(H,34,37)/t25-,26-/m0/s1. The van der Waals surface area contributed by atoms with Gasteiger partial charge in [0.25, 0.3) is 5.91 Å². The van der Waals surface area contributed by atoms with Gasteiger partial charge in [0.2, 0.25) is 17.7 Å². The third-order valence-electron chi connectivity index (χ3n) is 6.76. The molecule has 3 rings (SSSR count). The van der Waals surface area contributed by atoms with Crippen LogP contribution in [-0.2, 0) is 14.4 Å². The summed E-state index contributed by atoms with van der Waals surface area (Å²) in [5.41, 5.74) is 1.42. The Labute approximate surface area is 242 Å². The highest BCUT2D eigenvalue weighted by Gasteiger charge is 2.30. The van der Waals surface area contributed by atoms with Crippen molar-refractivity contribution in [2.45, 2.75) is 58.5 Å². The first kappa shape index (κ1) is 31.4. The second-order valence-corrected chi connectivity index (χ2v) is 10.9. The van der Waals surface area contributed by atoms with Crippen molar-refractivity contribution < 1.29 is 28.7 Å². The molecule has 0 saturated heterocycles. The van der Waals surface area contributed by atoms with Crippen molar-refractivity contribution in [3.8, 4) is 11.5 Å². The van der Waals surface area contributed by atoms with Crippen molar-refractivity contribution in [1.29, 1.82) is 0 Å². The van der Waals surface area contributed by atoms with Crippen LogP contribution in [0.15, 0.2) is 48.5 Å². The van der Waals surface area contributed by atoms with Gasteiger partial charge in [-0.05, 0) is 48.1 Å². The van der Waals surface area contributed by atoms with Gasteiger partial charge in [0, 0.05) is 7.05 Å². The maximum Gasteiger partial charge on any atom is 0.255 e. The fourth-order valence-electron chi connectivity index (χ4n) is 4.44. The number of para-hydroxylation sites is 1. The fraction of sp³-hybridized carbons (Fsp3) is 0.484. The van der Waals surface area contributed by atoms with E-state index in [1.165, 1.54) is 10.5 Å². The Morgan fingerprint density at radius 3 is 2.44 bits per heavy atom. The second kappa shape index (κ2) is 15.1. The van der Waals surface area contributed by atoms with Gasteiger partial charge in [-0.1, -0.05) is 52.0 Å². The largest absolute Gasteiger partial charge is 0.492 e. The van der Waals surface area contributed by atoms with E-state index in [1.54, 1.807) is 31.3 Å². The van der Waals surface area contributed by atoms with Crippen molar-refractivity contribution in [1.82, 2.24) is 20.9 Å². The average molecular weight is 567 g/mol. The van der Waals surface area contributed by atoms with Crippen LogP contribution in [0.25, 0.3) is 0 Å². The normalized spacial score (nSPS) is 18.6. The summed E-state index contributed by atoms with van der Waals surface area (Å²) < 4.78 is 11.6. The first-order valence-electron chi connectivity index (χ1n) is 14.1. The number of carbonyl (C=O) groups is 4. The van der Waals surface area contributed by atoms with Crippen LogP contribution in [0.5, 0.6) is 11.5 Å². The molecule has 2 aromatic carbocycles. The minimum Gasteiger partial charge on any atom is -0.492 e. The van der Waals surface area contributed by atoms with Crippen LogP contribution < -0.4 is 25.4 Å². The monoisotopic (exact) mass is 566 g/mol. The molecule has 0 unspecified atom stereocenters. The Bertz CT molecular complexity index is 1200. The van der Waals surface area contributed by atoms with Crippen molar-refractivity contribution in [2.75, 3.05) is 33.4 Å². The van der Waals surface area contributed by atoms with Gasteiger partial charge in [0.15, 0.2) is 0 Å². The van der Waals surface area contributed by atoms with E-state index in [9.17, 15) is 19.2 Å². The van der Waals surface area contributed by atoms with Crippen LogP contribution in [-0.4, -0.2) is 74.0 Å². The van der Waals surface area contributed by atoms with Crippen molar-refractivity contribution >= 4 is 23.6 Å². The van der Waals surface area contributed by atoms with Crippen LogP contribution in [0.2, 0.25) is 0 Å². The number of nitrogens with one attached hydrogen (secondary N) is 3. The van der Waals surface area contributed by atoms with Crippen molar-refractivity contribution in [3.05, 3.63) is 59.7 Å². The molecule has 222 valence electrons. The van der Waals surface area contributed by atoms with Gasteiger partial charge >= 0.3 is 0 Å². The van der Waals surface area contributed by atoms with Crippen LogP contribution in [0, 0.1) is 5.92 Å². The lowest BCUT2D eigenvalue weighted by Crippen LogP contribution is -2.53. The quantitative estimate of drug-likeness (QED) is 0.422. The average Bonchev–Trinajstić information content (AvgIpc) is 2.93. The SMILES string of the molecule is CC(C)C[C@@H]1NC(=O)C[C@@H](C(=O)NCCOc2ccc(C(C)C)cc2)NC(=O)c2ccccc2OCCN(C)C1=O. The minimum absolute atomic E-state index is 0.139. The molecule has 41 heavy (non-hydrogen) atoms. The van der Waals surface area contributed by atoms with Gasteiger partial charge < -0.3 is 30.3 Å². The van der Waals surface area contributed by atoms with Gasteiger partial charge in [-0.25, -0.2) is 0 Å². The molecule has 1 aliphatic heterocycles. The lowest BCUT2D eigenvalue weighted by atomic mass is 10.0. The maximum absolute atomic E-state index is 13.2. The number of hydrogen-bond donors (Lipinski definition) is 3. The minimum atomic E-state index is -1.18. The lowest BCUT2D eigenvalue weighted by Gasteiger charge is -2.27. The van der Waals surface area contributed by atoms with Crippen LogP contribution >= 0.6 is 0 Å². The van der Waals surface area contributed by atoms with E-state index in [4.69, 9.17) is 9.47 Å². The molecule has 0 fully saturated rings. The summed E-state index contributed by atoms with van der Waals surface area (Å²) in [6.07, 6.45) is 0.0843. The number of ether oxygens (including phenoxy) is 2. The highest BCUT2D eigenvalue weighted by atomic mass is 16.5. The highest BCUT2D eigenvalue weighted by Crippen LogP contribution is 2.20. The summed E-state index contributed by atoms with van der Waals surface area (Å²) in [5, 5.41) is 8.20. The van der Waals surface area contributed by atoms with E-state index < -0.39 is 29.8 Å². The Morgan fingerprint density at radius 2 is 1.76 bits per heavy atom. The molecule has 0 aromatic heterocycles. The second-order valence-electron chi connectivity index (χ2n) is 10.9. The first-order valence-corrected chi connectivity index (χ1v) is 14.1. The molecule has 0 bridgehead atoms. The summed E-state index contributed by atoms with van der Waals surface area (Å²) in [4.78, 5) is 54.1. The van der Waals surface area contributed by atoms with E-state index >= 15 is 0 Å². The lowest BCUT2D eigenvalue weighted by molar-refractivity contribution is -0.136. The summed E-state index contributed by atoms with van der Waals surface area (Å²) in [7, 11) is 1.65. The molecule has 1 aliphatic rings. The predicted molar refractivity (Wildman–Crippen MR) is 156 cm³/mol. The number of benzene rings is 2. The fourth-order valence-corrected chi connectivity index (χ4v) is 4.44. The van der Waals surface area contributed by atoms with Gasteiger partial charge in [-0.15, -0.1) is 0 Å². The van der Waals surface area contributed by atoms with E-state index in [0.29, 0.717) is 23.8 Å². The number of likely N-dealkylation sites (N-methyl/N-ethyl adjacent to an activating group) is 1. The number of hydrogen-bond acceptors (Lipinski definition) is 6. The Balaban J connectivity index is 1.73. The third kappa shape index (κ3) is 9.51. The van der Waals surface area contributed by atoms with Crippen LogP contribution in [0.1, 0.15) is 62.4 Å². The molecule has 3 N–H and O–H groups in total. The van der Waals surface area contributed by atoms with Gasteiger partial charge in [0.05, 0.1) is 25.1 Å². The topological polar surface area (TPSA) is 126 Å². The van der Waals surface area contributed by atoms with E-state index in [0.717, 1.165) is 0 Å². The smallest absolute Gasteiger partial charge is 0.255 e. The molecule has 2 aromatic rings. The number of rotatable bonds is 8. The molecule has 1 heterocycles. The van der Waals surface area contributed by atoms with Gasteiger partial charge in [-0.3, -0.25) is 19.2 Å².